The molecule has 0 aromatic carbocycles. The van der Waals surface area contributed by atoms with Gasteiger partial charge in [-0.2, -0.15) is 13.5 Å². The van der Waals surface area contributed by atoms with Crippen molar-refractivity contribution in [3.05, 3.63) is 98.8 Å². The molecular formula is C37H46N8O4S. The second kappa shape index (κ2) is 14.1. The Kier molecular flexibility index (Phi) is 9.95. The van der Waals surface area contributed by atoms with Crippen molar-refractivity contribution in [3.8, 4) is 16.9 Å². The molecular weight excluding hydrogens is 653 g/mol. The molecule has 6 heterocycles. The Bertz CT molecular complexity index is 2140. The number of pyridine rings is 3. The van der Waals surface area contributed by atoms with Crippen molar-refractivity contribution in [1.82, 2.24) is 28.4 Å². The molecule has 13 heteroatoms. The lowest BCUT2D eigenvalue weighted by Gasteiger charge is -2.41. The zero-order valence-electron chi connectivity index (χ0n) is 29.3. The molecule has 7 rings (SSSR count). The van der Waals surface area contributed by atoms with Crippen molar-refractivity contribution < 1.29 is 9.84 Å². The number of hydrogen-bond acceptors (Lipinski definition) is 9. The zero-order valence-corrected chi connectivity index (χ0v) is 30.3. The molecule has 1 fully saturated rings. The van der Waals surface area contributed by atoms with Gasteiger partial charge in [-0.3, -0.25) is 19.1 Å². The van der Waals surface area contributed by atoms with Crippen molar-refractivity contribution in [2.24, 2.45) is 12.5 Å². The third-order valence-corrected chi connectivity index (χ3v) is 9.93. The Morgan fingerprint density at radius 3 is 2.60 bits per heavy atom. The SMILES string of the molecule is COCCN1CCN(c2ccc(Nc3cc(-c4ccnc(-n5ccn6c7c(cc6c5=O)CC(C)(C)C7)c4CO)cn(C)c3=O)nc2)[C@@H](C)C1.S. The predicted octanol–water partition coefficient (Wildman–Crippen LogP) is 3.88. The summed E-state index contributed by atoms with van der Waals surface area (Å²) >= 11 is 0. The average molecular weight is 699 g/mol. The van der Waals surface area contributed by atoms with Crippen LogP contribution in [0.25, 0.3) is 22.5 Å². The molecule has 1 atom stereocenters. The maximum Gasteiger partial charge on any atom is 0.280 e. The number of aliphatic hydroxyl groups is 1. The Balaban J connectivity index is 0.00000432. The van der Waals surface area contributed by atoms with Crippen molar-refractivity contribution >= 4 is 36.2 Å². The second-order valence-corrected chi connectivity index (χ2v) is 14.1. The standard InChI is InChI=1S/C37H44N8O4.H2S/c1-24-21-42(14-15-49-5)10-11-43(24)27-6-7-33(39-20-27)40-30-16-26(22-41(4)35(30)47)28-8-9-38-34(29(28)23-46)45-13-12-44-31(36(45)48)17-25-18-37(2,3)19-32(25)44;/h6-9,12-13,16-17,20,22,24,46H,10-11,14-15,18-19,21,23H2,1-5H3,(H,39,40);1H2/t24-;/m0./s1. The van der Waals surface area contributed by atoms with Crippen LogP contribution in [0.2, 0.25) is 0 Å². The van der Waals surface area contributed by atoms with Crippen LogP contribution in [-0.2, 0) is 31.2 Å². The Morgan fingerprint density at radius 2 is 1.88 bits per heavy atom. The van der Waals surface area contributed by atoms with Crippen LogP contribution < -0.4 is 21.3 Å². The first-order valence-corrected chi connectivity index (χ1v) is 16.8. The zero-order chi connectivity index (χ0) is 34.4. The quantitative estimate of drug-likeness (QED) is 0.236. The van der Waals surface area contributed by atoms with Crippen LogP contribution >= 0.6 is 13.5 Å². The van der Waals surface area contributed by atoms with Gasteiger partial charge >= 0.3 is 0 Å². The number of methoxy groups -OCH3 is 1. The van der Waals surface area contributed by atoms with Crippen LogP contribution in [0, 0.1) is 5.41 Å². The lowest BCUT2D eigenvalue weighted by atomic mass is 9.90. The van der Waals surface area contributed by atoms with Crippen molar-refractivity contribution in [2.45, 2.75) is 46.3 Å². The Morgan fingerprint density at radius 1 is 1.06 bits per heavy atom. The van der Waals surface area contributed by atoms with Gasteiger partial charge in [-0.1, -0.05) is 13.8 Å². The molecule has 5 aromatic heterocycles. The second-order valence-electron chi connectivity index (χ2n) is 14.1. The van der Waals surface area contributed by atoms with E-state index in [1.807, 2.05) is 35.0 Å². The fourth-order valence-corrected chi connectivity index (χ4v) is 7.50. The molecule has 1 aliphatic carbocycles. The summed E-state index contributed by atoms with van der Waals surface area (Å²) in [5.41, 5.74) is 5.92. The highest BCUT2D eigenvalue weighted by molar-refractivity contribution is 7.59. The minimum Gasteiger partial charge on any atom is -0.392 e. The number of piperazine rings is 1. The van der Waals surface area contributed by atoms with E-state index in [2.05, 4.69) is 45.9 Å². The maximum absolute atomic E-state index is 13.8. The number of aryl methyl sites for hydroxylation is 1. The van der Waals surface area contributed by atoms with Gasteiger partial charge in [0, 0.05) is 88.0 Å². The molecule has 12 nitrogen and oxygen atoms in total. The normalized spacial score (nSPS) is 17.2. The van der Waals surface area contributed by atoms with E-state index < -0.39 is 0 Å². The number of nitrogens with zero attached hydrogens (tertiary/aromatic N) is 7. The summed E-state index contributed by atoms with van der Waals surface area (Å²) in [6, 6.07) is 9.77. The molecule has 1 saturated heterocycles. The highest BCUT2D eigenvalue weighted by Gasteiger charge is 2.32. The summed E-state index contributed by atoms with van der Waals surface area (Å²) in [5.74, 6) is 0.896. The lowest BCUT2D eigenvalue weighted by Crippen LogP contribution is -2.52. The Labute approximate surface area is 298 Å². The van der Waals surface area contributed by atoms with Crippen LogP contribution in [0.3, 0.4) is 0 Å². The molecule has 0 spiro atoms. The molecule has 5 aromatic rings. The Hall–Kier alpha value is -4.43. The first kappa shape index (κ1) is 35.4. The van der Waals surface area contributed by atoms with Crippen LogP contribution in [0.5, 0.6) is 0 Å². The third kappa shape index (κ3) is 6.58. The van der Waals surface area contributed by atoms with Crippen LogP contribution in [-0.4, -0.2) is 79.4 Å². The number of rotatable bonds is 9. The molecule has 0 radical (unpaired) electrons. The lowest BCUT2D eigenvalue weighted by molar-refractivity contribution is 0.136. The van der Waals surface area contributed by atoms with Crippen molar-refractivity contribution in [3.63, 3.8) is 0 Å². The first-order valence-electron chi connectivity index (χ1n) is 16.8. The van der Waals surface area contributed by atoms with Gasteiger partial charge in [0.2, 0.25) is 0 Å². The molecule has 0 amide bonds. The molecule has 2 aliphatic rings. The van der Waals surface area contributed by atoms with Crippen LogP contribution in [0.4, 0.5) is 17.2 Å². The number of fused-ring (bicyclic) bond motifs is 3. The predicted molar refractivity (Wildman–Crippen MR) is 202 cm³/mol. The minimum atomic E-state index is -0.352. The van der Waals surface area contributed by atoms with Crippen molar-refractivity contribution in [1.29, 1.82) is 0 Å². The van der Waals surface area contributed by atoms with E-state index in [1.165, 1.54) is 20.4 Å². The molecule has 0 saturated carbocycles. The summed E-state index contributed by atoms with van der Waals surface area (Å²) in [5, 5.41) is 13.9. The van der Waals surface area contributed by atoms with Gasteiger partial charge in [-0.05, 0) is 66.6 Å². The van der Waals surface area contributed by atoms with Gasteiger partial charge in [0.25, 0.3) is 11.1 Å². The van der Waals surface area contributed by atoms with Crippen LogP contribution in [0.1, 0.15) is 37.6 Å². The molecule has 264 valence electrons. The summed E-state index contributed by atoms with van der Waals surface area (Å²) < 4.78 is 10.2. The number of nitrogens with one attached hydrogen (secondary N) is 1. The van der Waals surface area contributed by atoms with Gasteiger partial charge in [0.15, 0.2) is 0 Å². The number of aliphatic hydroxyl groups excluding tert-OH is 1. The molecule has 0 bridgehead atoms. The third-order valence-electron chi connectivity index (χ3n) is 9.93. The van der Waals surface area contributed by atoms with E-state index in [0.717, 1.165) is 51.3 Å². The average Bonchev–Trinajstić information content (AvgIpc) is 3.58. The van der Waals surface area contributed by atoms with Gasteiger partial charge in [0.1, 0.15) is 22.8 Å². The fraction of sp³-hybridized carbons (Fsp3) is 0.405. The largest absolute Gasteiger partial charge is 0.392 e. The summed E-state index contributed by atoms with van der Waals surface area (Å²) in [4.78, 5) is 41.0. The molecule has 2 N–H and O–H groups in total. The summed E-state index contributed by atoms with van der Waals surface area (Å²) in [6.07, 6.45) is 10.6. The summed E-state index contributed by atoms with van der Waals surface area (Å²) in [7, 11) is 3.42. The van der Waals surface area contributed by atoms with Crippen LogP contribution in [0.15, 0.2) is 70.9 Å². The van der Waals surface area contributed by atoms with E-state index in [0.29, 0.717) is 45.6 Å². The number of anilines is 3. The minimum absolute atomic E-state index is 0. The van der Waals surface area contributed by atoms with Gasteiger partial charge in [0.05, 0.1) is 25.1 Å². The van der Waals surface area contributed by atoms with Gasteiger partial charge in [-0.25, -0.2) is 9.97 Å². The fourth-order valence-electron chi connectivity index (χ4n) is 7.50. The molecule has 0 unspecified atom stereocenters. The smallest absolute Gasteiger partial charge is 0.280 e. The van der Waals surface area contributed by atoms with Gasteiger partial charge < -0.3 is 29.0 Å². The topological polar surface area (TPSA) is 122 Å². The van der Waals surface area contributed by atoms with E-state index in [9.17, 15) is 14.7 Å². The molecule has 50 heavy (non-hydrogen) atoms. The van der Waals surface area contributed by atoms with E-state index in [1.54, 1.807) is 44.9 Å². The monoisotopic (exact) mass is 698 g/mol. The first-order chi connectivity index (χ1) is 23.6. The van der Waals surface area contributed by atoms with E-state index in [4.69, 9.17) is 4.74 Å². The number of aromatic nitrogens is 5. The maximum atomic E-state index is 13.8. The van der Waals surface area contributed by atoms with Gasteiger partial charge in [-0.15, -0.1) is 0 Å². The number of ether oxygens (including phenoxy) is 1. The highest BCUT2D eigenvalue weighted by atomic mass is 32.1. The summed E-state index contributed by atoms with van der Waals surface area (Å²) in [6.45, 7) is 10.8. The van der Waals surface area contributed by atoms with Crippen molar-refractivity contribution in [2.75, 3.05) is 50.1 Å². The number of hydrogen-bond donors (Lipinski definition) is 2. The van der Waals surface area contributed by atoms with E-state index >= 15 is 0 Å². The highest BCUT2D eigenvalue weighted by Crippen LogP contribution is 2.37. The molecule has 1 aliphatic heterocycles. The van der Waals surface area contributed by atoms with E-state index in [-0.39, 0.29) is 36.6 Å².